The molecule has 0 saturated carbocycles. The quantitative estimate of drug-likeness (QED) is 0.484. The van der Waals surface area contributed by atoms with Gasteiger partial charge < -0.3 is 20.5 Å². The van der Waals surface area contributed by atoms with Crippen molar-refractivity contribution in [3.63, 3.8) is 0 Å². The Morgan fingerprint density at radius 3 is 2.95 bits per heavy atom. The molecule has 0 aliphatic heterocycles. The highest BCUT2D eigenvalue weighted by atomic mass is 16.5. The SMILES string of the molecule is COC(=O)c1cccnc1CNCCOCC(N)=O. The zero-order valence-corrected chi connectivity index (χ0v) is 10.7. The summed E-state index contributed by atoms with van der Waals surface area (Å²) in [7, 11) is 1.32. The summed E-state index contributed by atoms with van der Waals surface area (Å²) in [6, 6.07) is 3.32. The van der Waals surface area contributed by atoms with Gasteiger partial charge in [-0.2, -0.15) is 0 Å². The first-order chi connectivity index (χ1) is 9.15. The first kappa shape index (κ1) is 15.1. The molecular weight excluding hydrogens is 250 g/mol. The molecule has 0 aliphatic carbocycles. The maximum Gasteiger partial charge on any atom is 0.339 e. The van der Waals surface area contributed by atoms with E-state index in [1.807, 2.05) is 0 Å². The molecule has 0 bridgehead atoms. The van der Waals surface area contributed by atoms with E-state index < -0.39 is 11.9 Å². The molecule has 7 nitrogen and oxygen atoms in total. The molecule has 0 fully saturated rings. The van der Waals surface area contributed by atoms with E-state index in [0.29, 0.717) is 31.0 Å². The van der Waals surface area contributed by atoms with Gasteiger partial charge in [0.05, 0.1) is 25.0 Å². The number of esters is 1. The minimum atomic E-state index is -0.502. The van der Waals surface area contributed by atoms with Crippen LogP contribution in [0.25, 0.3) is 0 Å². The van der Waals surface area contributed by atoms with Crippen LogP contribution in [0.15, 0.2) is 18.3 Å². The molecule has 1 rings (SSSR count). The van der Waals surface area contributed by atoms with Crippen molar-refractivity contribution in [3.8, 4) is 0 Å². The van der Waals surface area contributed by atoms with Gasteiger partial charge in [-0.3, -0.25) is 9.78 Å². The predicted octanol–water partition coefficient (Wildman–Crippen LogP) is -0.540. The van der Waals surface area contributed by atoms with Gasteiger partial charge in [-0.25, -0.2) is 4.79 Å². The second kappa shape index (κ2) is 8.17. The summed E-state index contributed by atoms with van der Waals surface area (Å²) in [5, 5.41) is 3.05. The summed E-state index contributed by atoms with van der Waals surface area (Å²) in [6.07, 6.45) is 1.60. The van der Waals surface area contributed by atoms with Crippen LogP contribution >= 0.6 is 0 Å². The van der Waals surface area contributed by atoms with E-state index in [-0.39, 0.29) is 6.61 Å². The Labute approximate surface area is 111 Å². The average Bonchev–Trinajstić information content (AvgIpc) is 2.42. The summed E-state index contributed by atoms with van der Waals surface area (Å²) in [4.78, 5) is 26.0. The average molecular weight is 267 g/mol. The highest BCUT2D eigenvalue weighted by Gasteiger charge is 2.11. The number of carbonyl (C=O) groups excluding carboxylic acids is 2. The van der Waals surface area contributed by atoms with E-state index in [4.69, 9.17) is 10.5 Å². The number of nitrogens with two attached hydrogens (primary N) is 1. The van der Waals surface area contributed by atoms with Gasteiger partial charge in [0, 0.05) is 19.3 Å². The van der Waals surface area contributed by atoms with Gasteiger partial charge in [0.25, 0.3) is 0 Å². The maximum absolute atomic E-state index is 11.5. The fourth-order valence-corrected chi connectivity index (χ4v) is 1.40. The number of hydrogen-bond acceptors (Lipinski definition) is 6. The molecule has 0 saturated heterocycles. The summed E-state index contributed by atoms with van der Waals surface area (Å²) in [5.74, 6) is -0.924. The molecule has 104 valence electrons. The zero-order chi connectivity index (χ0) is 14.1. The number of rotatable bonds is 8. The van der Waals surface area contributed by atoms with E-state index in [1.54, 1.807) is 18.3 Å². The second-order valence-electron chi connectivity index (χ2n) is 3.68. The number of aromatic nitrogens is 1. The summed E-state index contributed by atoms with van der Waals surface area (Å²) < 4.78 is 9.65. The van der Waals surface area contributed by atoms with Gasteiger partial charge in [-0.05, 0) is 12.1 Å². The summed E-state index contributed by atoms with van der Waals surface area (Å²) >= 11 is 0. The van der Waals surface area contributed by atoms with Crippen LogP contribution in [0.1, 0.15) is 16.1 Å². The topological polar surface area (TPSA) is 104 Å². The van der Waals surface area contributed by atoms with Gasteiger partial charge in [-0.1, -0.05) is 0 Å². The van der Waals surface area contributed by atoms with E-state index in [2.05, 4.69) is 15.0 Å². The van der Waals surface area contributed by atoms with Gasteiger partial charge >= 0.3 is 5.97 Å². The highest BCUT2D eigenvalue weighted by molar-refractivity contribution is 5.90. The summed E-state index contributed by atoms with van der Waals surface area (Å²) in [5.41, 5.74) is 5.95. The lowest BCUT2D eigenvalue weighted by Gasteiger charge is -2.08. The van der Waals surface area contributed by atoms with Crippen LogP contribution < -0.4 is 11.1 Å². The fourth-order valence-electron chi connectivity index (χ4n) is 1.40. The van der Waals surface area contributed by atoms with Gasteiger partial charge in [0.1, 0.15) is 6.61 Å². The molecule has 0 radical (unpaired) electrons. The molecule has 7 heteroatoms. The lowest BCUT2D eigenvalue weighted by atomic mass is 10.2. The van der Waals surface area contributed by atoms with Gasteiger partial charge in [0.15, 0.2) is 0 Å². The predicted molar refractivity (Wildman–Crippen MR) is 67.3 cm³/mol. The van der Waals surface area contributed by atoms with Crippen molar-refractivity contribution in [3.05, 3.63) is 29.6 Å². The Hall–Kier alpha value is -1.99. The van der Waals surface area contributed by atoms with Crippen LogP contribution in [-0.4, -0.2) is 43.7 Å². The monoisotopic (exact) mass is 267 g/mol. The third kappa shape index (κ3) is 5.45. The normalized spacial score (nSPS) is 10.2. The van der Waals surface area contributed by atoms with Crippen LogP contribution in [0.4, 0.5) is 0 Å². The van der Waals surface area contributed by atoms with Crippen LogP contribution in [0.2, 0.25) is 0 Å². The second-order valence-corrected chi connectivity index (χ2v) is 3.68. The molecule has 1 aromatic rings. The van der Waals surface area contributed by atoms with Crippen molar-refractivity contribution in [1.82, 2.24) is 10.3 Å². The molecule has 0 atom stereocenters. The molecule has 0 spiro atoms. The smallest absolute Gasteiger partial charge is 0.339 e. The third-order valence-corrected chi connectivity index (χ3v) is 2.26. The number of hydrogen-bond donors (Lipinski definition) is 2. The Kier molecular flexibility index (Phi) is 6.48. The molecule has 0 aliphatic rings. The lowest BCUT2D eigenvalue weighted by Crippen LogP contribution is -2.24. The Morgan fingerprint density at radius 1 is 1.47 bits per heavy atom. The van der Waals surface area contributed by atoms with Crippen LogP contribution in [0.5, 0.6) is 0 Å². The zero-order valence-electron chi connectivity index (χ0n) is 10.7. The molecular formula is C12H17N3O4. The van der Waals surface area contributed by atoms with E-state index in [9.17, 15) is 9.59 Å². The Balaban J connectivity index is 2.37. The van der Waals surface area contributed by atoms with Crippen molar-refractivity contribution < 1.29 is 19.1 Å². The third-order valence-electron chi connectivity index (χ3n) is 2.26. The number of nitrogens with one attached hydrogen (secondary N) is 1. The number of methoxy groups -OCH3 is 1. The molecule has 1 aromatic heterocycles. The largest absolute Gasteiger partial charge is 0.465 e. The molecule has 0 aromatic carbocycles. The van der Waals surface area contributed by atoms with E-state index in [0.717, 1.165) is 0 Å². The summed E-state index contributed by atoms with van der Waals surface area (Å²) in [6.45, 7) is 1.18. The van der Waals surface area contributed by atoms with Gasteiger partial charge in [0.2, 0.25) is 5.91 Å². The molecule has 3 N–H and O–H groups in total. The number of pyridine rings is 1. The number of carbonyl (C=O) groups is 2. The molecule has 1 amide bonds. The van der Waals surface area contributed by atoms with Crippen molar-refractivity contribution in [2.75, 3.05) is 26.9 Å². The maximum atomic E-state index is 11.5. The Morgan fingerprint density at radius 2 is 2.26 bits per heavy atom. The standard InChI is InChI=1S/C12H17N3O4/c1-18-12(17)9-3-2-4-15-10(9)7-14-5-6-19-8-11(13)16/h2-4,14H,5-8H2,1H3,(H2,13,16). The molecule has 0 unspecified atom stereocenters. The number of primary amides is 1. The highest BCUT2D eigenvalue weighted by Crippen LogP contribution is 2.06. The van der Waals surface area contributed by atoms with Crippen LogP contribution in [-0.2, 0) is 20.8 Å². The number of ether oxygens (including phenoxy) is 2. The molecule has 1 heterocycles. The lowest BCUT2D eigenvalue weighted by molar-refractivity contribution is -0.122. The first-order valence-electron chi connectivity index (χ1n) is 5.74. The first-order valence-corrected chi connectivity index (χ1v) is 5.74. The number of amides is 1. The van der Waals surface area contributed by atoms with E-state index >= 15 is 0 Å². The van der Waals surface area contributed by atoms with Crippen LogP contribution in [0, 0.1) is 0 Å². The fraction of sp³-hybridized carbons (Fsp3) is 0.417. The van der Waals surface area contributed by atoms with Crippen molar-refractivity contribution in [2.24, 2.45) is 5.73 Å². The van der Waals surface area contributed by atoms with E-state index in [1.165, 1.54) is 7.11 Å². The Bertz CT molecular complexity index is 437. The van der Waals surface area contributed by atoms with Crippen LogP contribution in [0.3, 0.4) is 0 Å². The minimum absolute atomic E-state index is 0.0985. The van der Waals surface area contributed by atoms with Crippen molar-refractivity contribution >= 4 is 11.9 Å². The number of nitrogens with zero attached hydrogens (tertiary/aromatic N) is 1. The molecule has 19 heavy (non-hydrogen) atoms. The van der Waals surface area contributed by atoms with Crippen molar-refractivity contribution in [1.29, 1.82) is 0 Å². The minimum Gasteiger partial charge on any atom is -0.465 e. The van der Waals surface area contributed by atoms with Crippen molar-refractivity contribution in [2.45, 2.75) is 6.54 Å². The van der Waals surface area contributed by atoms with Gasteiger partial charge in [-0.15, -0.1) is 0 Å².